The highest BCUT2D eigenvalue weighted by molar-refractivity contribution is 7.91. The minimum absolute atomic E-state index is 0.0764. The molecule has 4 rings (SSSR count). The molecular formula is C32H40O9S. The Labute approximate surface area is 248 Å². The van der Waals surface area contributed by atoms with E-state index in [0.717, 1.165) is 24.0 Å². The van der Waals surface area contributed by atoms with Crippen LogP contribution in [0, 0.1) is 0 Å². The summed E-state index contributed by atoms with van der Waals surface area (Å²) in [5, 5.41) is 10.1. The summed E-state index contributed by atoms with van der Waals surface area (Å²) in [6.07, 6.45) is 0.945. The summed E-state index contributed by atoms with van der Waals surface area (Å²) >= 11 is 0. The number of methoxy groups -OCH3 is 3. The number of hydrogen-bond donors (Lipinski definition) is 1. The zero-order valence-electron chi connectivity index (χ0n) is 24.8. The van der Waals surface area contributed by atoms with Crippen LogP contribution < -0.4 is 23.7 Å². The van der Waals surface area contributed by atoms with E-state index < -0.39 is 21.7 Å². The Bertz CT molecular complexity index is 1450. The van der Waals surface area contributed by atoms with Crippen LogP contribution in [0.25, 0.3) is 11.1 Å². The number of rotatable bonds is 14. The smallest absolute Gasteiger partial charge is 0.203 e. The molecule has 1 fully saturated rings. The van der Waals surface area contributed by atoms with Crippen LogP contribution >= 0.6 is 0 Å². The van der Waals surface area contributed by atoms with E-state index in [1.54, 1.807) is 19.2 Å². The molecule has 1 aliphatic rings. The Morgan fingerprint density at radius 2 is 1.69 bits per heavy atom. The van der Waals surface area contributed by atoms with E-state index in [1.807, 2.05) is 43.3 Å². The zero-order chi connectivity index (χ0) is 30.3. The predicted molar refractivity (Wildman–Crippen MR) is 160 cm³/mol. The van der Waals surface area contributed by atoms with Gasteiger partial charge in [0.15, 0.2) is 32.8 Å². The molecule has 0 saturated carbocycles. The van der Waals surface area contributed by atoms with Gasteiger partial charge in [-0.3, -0.25) is 0 Å². The number of sulfone groups is 1. The Kier molecular flexibility index (Phi) is 10.6. The lowest BCUT2D eigenvalue weighted by atomic mass is 9.92. The van der Waals surface area contributed by atoms with Crippen molar-refractivity contribution >= 4 is 9.84 Å². The van der Waals surface area contributed by atoms with Crippen molar-refractivity contribution in [2.45, 2.75) is 56.8 Å². The SMILES string of the molecule is CCCOc1c(OCc2ccccc2)cc(-c2c(C3CCCO3)cc(OC)c(OC)c2OC)cc1S(=O)(=O)CC(C)O. The molecule has 1 heterocycles. The van der Waals surface area contributed by atoms with E-state index in [2.05, 4.69) is 0 Å². The minimum atomic E-state index is -4.02. The van der Waals surface area contributed by atoms with Crippen LogP contribution in [0.2, 0.25) is 0 Å². The van der Waals surface area contributed by atoms with Gasteiger partial charge in [0.1, 0.15) is 11.5 Å². The second kappa shape index (κ2) is 14.1. The van der Waals surface area contributed by atoms with Gasteiger partial charge in [-0.15, -0.1) is 0 Å². The van der Waals surface area contributed by atoms with Crippen LogP contribution in [0.4, 0.5) is 0 Å². The van der Waals surface area contributed by atoms with Crippen molar-refractivity contribution in [1.82, 2.24) is 0 Å². The second-order valence-corrected chi connectivity index (χ2v) is 12.2. The van der Waals surface area contributed by atoms with Gasteiger partial charge in [0.2, 0.25) is 5.75 Å². The van der Waals surface area contributed by atoms with Gasteiger partial charge in [-0.05, 0) is 61.1 Å². The number of hydrogen-bond acceptors (Lipinski definition) is 9. The molecule has 0 aromatic heterocycles. The third kappa shape index (κ3) is 6.94. The molecule has 1 N–H and O–H groups in total. The van der Waals surface area contributed by atoms with Crippen molar-refractivity contribution in [3.05, 3.63) is 59.7 Å². The van der Waals surface area contributed by atoms with Crippen molar-refractivity contribution in [2.24, 2.45) is 0 Å². The fourth-order valence-electron chi connectivity index (χ4n) is 5.10. The summed E-state index contributed by atoms with van der Waals surface area (Å²) in [7, 11) is 0.571. The van der Waals surface area contributed by atoms with Crippen molar-refractivity contribution in [1.29, 1.82) is 0 Å². The van der Waals surface area contributed by atoms with Crippen LogP contribution in [-0.4, -0.2) is 59.9 Å². The molecule has 228 valence electrons. The Balaban J connectivity index is 2.03. The maximum atomic E-state index is 13.8. The summed E-state index contributed by atoms with van der Waals surface area (Å²) in [5.41, 5.74) is 2.79. The number of ether oxygens (including phenoxy) is 6. The van der Waals surface area contributed by atoms with Gasteiger partial charge in [-0.2, -0.15) is 0 Å². The van der Waals surface area contributed by atoms with Gasteiger partial charge in [0, 0.05) is 12.2 Å². The summed E-state index contributed by atoms with van der Waals surface area (Å²) in [6.45, 7) is 4.44. The Hall–Kier alpha value is -3.47. The lowest BCUT2D eigenvalue weighted by molar-refractivity contribution is 0.112. The topological polar surface area (TPSA) is 110 Å². The molecule has 3 aromatic rings. The van der Waals surface area contributed by atoms with E-state index in [9.17, 15) is 13.5 Å². The summed E-state index contributed by atoms with van der Waals surface area (Å²) in [5.74, 6) is 1.08. The third-order valence-corrected chi connectivity index (χ3v) is 8.82. The molecular weight excluding hydrogens is 560 g/mol. The van der Waals surface area contributed by atoms with E-state index >= 15 is 0 Å². The fraction of sp³-hybridized carbons (Fsp3) is 0.438. The molecule has 0 radical (unpaired) electrons. The quantitative estimate of drug-likeness (QED) is 0.247. The molecule has 0 spiro atoms. The average molecular weight is 601 g/mol. The van der Waals surface area contributed by atoms with Crippen LogP contribution in [0.3, 0.4) is 0 Å². The summed E-state index contributed by atoms with van der Waals surface area (Å²) < 4.78 is 63.2. The molecule has 9 nitrogen and oxygen atoms in total. The first kappa shape index (κ1) is 31.5. The highest BCUT2D eigenvalue weighted by Gasteiger charge is 2.32. The van der Waals surface area contributed by atoms with Gasteiger partial charge in [0.25, 0.3) is 0 Å². The Morgan fingerprint density at radius 3 is 2.29 bits per heavy atom. The van der Waals surface area contributed by atoms with Crippen molar-refractivity contribution < 1.29 is 41.9 Å². The molecule has 0 bridgehead atoms. The first-order chi connectivity index (χ1) is 20.2. The van der Waals surface area contributed by atoms with E-state index in [4.69, 9.17) is 28.4 Å². The number of aliphatic hydroxyl groups is 1. The molecule has 2 atom stereocenters. The summed E-state index contributed by atoms with van der Waals surface area (Å²) in [6, 6.07) is 14.7. The van der Waals surface area contributed by atoms with E-state index in [-0.39, 0.29) is 35.7 Å². The lowest BCUT2D eigenvalue weighted by Gasteiger charge is -2.24. The maximum absolute atomic E-state index is 13.8. The van der Waals surface area contributed by atoms with Gasteiger partial charge >= 0.3 is 0 Å². The van der Waals surface area contributed by atoms with Crippen LogP contribution in [0.5, 0.6) is 28.7 Å². The predicted octanol–water partition coefficient (Wildman–Crippen LogP) is 5.75. The number of benzene rings is 3. The van der Waals surface area contributed by atoms with Gasteiger partial charge in [0.05, 0.1) is 45.9 Å². The Morgan fingerprint density at radius 1 is 0.952 bits per heavy atom. The highest BCUT2D eigenvalue weighted by Crippen LogP contribution is 2.52. The van der Waals surface area contributed by atoms with Crippen molar-refractivity contribution in [2.75, 3.05) is 40.3 Å². The van der Waals surface area contributed by atoms with Crippen molar-refractivity contribution in [3.8, 4) is 39.9 Å². The lowest BCUT2D eigenvalue weighted by Crippen LogP contribution is -2.19. The molecule has 10 heteroatoms. The van der Waals surface area contributed by atoms with E-state index in [0.29, 0.717) is 41.4 Å². The van der Waals surface area contributed by atoms with Crippen LogP contribution in [0.15, 0.2) is 53.4 Å². The fourth-order valence-corrected chi connectivity index (χ4v) is 6.66. The molecule has 1 aliphatic heterocycles. The van der Waals surface area contributed by atoms with Gasteiger partial charge in [-0.25, -0.2) is 8.42 Å². The summed E-state index contributed by atoms with van der Waals surface area (Å²) in [4.78, 5) is -0.0764. The average Bonchev–Trinajstić information content (AvgIpc) is 3.52. The number of aliphatic hydroxyl groups excluding tert-OH is 1. The normalized spacial score (nSPS) is 15.7. The maximum Gasteiger partial charge on any atom is 0.203 e. The zero-order valence-corrected chi connectivity index (χ0v) is 25.7. The minimum Gasteiger partial charge on any atom is -0.493 e. The van der Waals surface area contributed by atoms with Crippen molar-refractivity contribution in [3.63, 3.8) is 0 Å². The van der Waals surface area contributed by atoms with Crippen LogP contribution in [-0.2, 0) is 21.2 Å². The highest BCUT2D eigenvalue weighted by atomic mass is 32.2. The molecule has 0 aliphatic carbocycles. The molecule has 3 aromatic carbocycles. The van der Waals surface area contributed by atoms with E-state index in [1.165, 1.54) is 21.1 Å². The molecule has 42 heavy (non-hydrogen) atoms. The van der Waals surface area contributed by atoms with Crippen LogP contribution in [0.1, 0.15) is 50.3 Å². The van der Waals surface area contributed by atoms with Gasteiger partial charge < -0.3 is 33.5 Å². The molecule has 0 amide bonds. The standard InChI is InChI=1S/C32H40O9S/c1-6-14-40-30-27(41-19-22-11-8-7-9-12-22)16-23(17-28(30)42(34,35)20-21(2)33)29-24(25-13-10-15-39-25)18-26(36-3)31(37-4)32(29)38-5/h7-9,11-12,16-18,21,25,33H,6,10,13-15,19-20H2,1-5H3. The van der Waals surface area contributed by atoms with Gasteiger partial charge in [-0.1, -0.05) is 37.3 Å². The molecule has 1 saturated heterocycles. The monoisotopic (exact) mass is 600 g/mol. The largest absolute Gasteiger partial charge is 0.493 e. The first-order valence-corrected chi connectivity index (χ1v) is 15.7. The third-order valence-electron chi connectivity index (χ3n) is 6.93. The second-order valence-electron chi connectivity index (χ2n) is 10.2. The first-order valence-electron chi connectivity index (χ1n) is 14.1. The molecule has 2 unspecified atom stereocenters.